The van der Waals surface area contributed by atoms with Crippen LogP contribution in [0.3, 0.4) is 0 Å². The van der Waals surface area contributed by atoms with Crippen LogP contribution in [0, 0.1) is 0 Å². The molecule has 0 amide bonds. The number of hydrogen-bond acceptors (Lipinski definition) is 1. The minimum Gasteiger partial charge on any atom is -0.378 e. The van der Waals surface area contributed by atoms with E-state index in [9.17, 15) is 0 Å². The quantitative estimate of drug-likeness (QED) is 0.256. The van der Waals surface area contributed by atoms with Gasteiger partial charge in [-0.05, 0) is 19.3 Å². The molecule has 0 aromatic rings. The first kappa shape index (κ1) is 21.0. The van der Waals surface area contributed by atoms with E-state index in [0.717, 1.165) is 6.61 Å². The Kier molecular flexibility index (Phi) is 18.0. The van der Waals surface area contributed by atoms with Gasteiger partial charge in [-0.25, -0.2) is 0 Å². The second-order valence-corrected chi connectivity index (χ2v) is 6.58. The van der Waals surface area contributed by atoms with Crippen molar-refractivity contribution < 1.29 is 4.74 Å². The van der Waals surface area contributed by atoms with E-state index >= 15 is 0 Å². The molecule has 0 aliphatic rings. The molecule has 0 spiro atoms. The summed E-state index contributed by atoms with van der Waals surface area (Å²) in [5.74, 6) is 0. The molecule has 128 valence electrons. The average Bonchev–Trinajstić information content (AvgIpc) is 2.51. The summed E-state index contributed by atoms with van der Waals surface area (Å²) < 4.78 is 6.01. The highest BCUT2D eigenvalue weighted by atomic mass is 16.5. The summed E-state index contributed by atoms with van der Waals surface area (Å²) in [5.41, 5.74) is 0. The van der Waals surface area contributed by atoms with E-state index in [2.05, 4.69) is 20.8 Å². The van der Waals surface area contributed by atoms with Crippen molar-refractivity contribution >= 4 is 0 Å². The van der Waals surface area contributed by atoms with Crippen LogP contribution in [-0.2, 0) is 4.74 Å². The van der Waals surface area contributed by atoms with Crippen molar-refractivity contribution in [2.75, 3.05) is 6.61 Å². The summed E-state index contributed by atoms with van der Waals surface area (Å²) in [4.78, 5) is 0. The maximum atomic E-state index is 6.01. The second kappa shape index (κ2) is 18.0. The molecule has 0 rings (SSSR count). The molecule has 1 unspecified atom stereocenters. The lowest BCUT2D eigenvalue weighted by atomic mass is 10.1. The largest absolute Gasteiger partial charge is 0.378 e. The molecule has 0 aliphatic carbocycles. The molecule has 0 radical (unpaired) electrons. The van der Waals surface area contributed by atoms with E-state index in [-0.39, 0.29) is 0 Å². The minimum absolute atomic E-state index is 0.523. The molecule has 0 fully saturated rings. The molecule has 1 nitrogen and oxygen atoms in total. The van der Waals surface area contributed by atoms with Gasteiger partial charge in [0.1, 0.15) is 0 Å². The van der Waals surface area contributed by atoms with E-state index in [4.69, 9.17) is 4.74 Å². The molecule has 1 atom stereocenters. The Morgan fingerprint density at radius 2 is 1.05 bits per heavy atom. The predicted molar refractivity (Wildman–Crippen MR) is 96.0 cm³/mol. The fraction of sp³-hybridized carbons (Fsp3) is 1.00. The van der Waals surface area contributed by atoms with Gasteiger partial charge in [-0.1, -0.05) is 97.8 Å². The molecular weight excluding hydrogens is 256 g/mol. The van der Waals surface area contributed by atoms with Crippen molar-refractivity contribution in [1.82, 2.24) is 0 Å². The summed E-state index contributed by atoms with van der Waals surface area (Å²) in [6, 6.07) is 0. The van der Waals surface area contributed by atoms with E-state index in [1.807, 2.05) is 0 Å². The van der Waals surface area contributed by atoms with E-state index in [1.165, 1.54) is 96.3 Å². The molecular formula is C20H42O. The van der Waals surface area contributed by atoms with E-state index < -0.39 is 0 Å². The molecule has 0 saturated heterocycles. The third kappa shape index (κ3) is 16.2. The van der Waals surface area contributed by atoms with Gasteiger partial charge in [-0.2, -0.15) is 0 Å². The Balaban J connectivity index is 3.19. The van der Waals surface area contributed by atoms with Crippen molar-refractivity contribution in [3.63, 3.8) is 0 Å². The van der Waals surface area contributed by atoms with Crippen molar-refractivity contribution in [3.8, 4) is 0 Å². The van der Waals surface area contributed by atoms with Crippen molar-refractivity contribution in [2.45, 2.75) is 123 Å². The van der Waals surface area contributed by atoms with Crippen LogP contribution in [0.2, 0.25) is 0 Å². The topological polar surface area (TPSA) is 9.23 Å². The van der Waals surface area contributed by atoms with Gasteiger partial charge in [-0.3, -0.25) is 0 Å². The zero-order valence-electron chi connectivity index (χ0n) is 15.3. The average molecular weight is 299 g/mol. The predicted octanol–water partition coefficient (Wildman–Crippen LogP) is 7.28. The first-order valence-corrected chi connectivity index (χ1v) is 9.96. The van der Waals surface area contributed by atoms with Gasteiger partial charge in [0.05, 0.1) is 6.10 Å². The van der Waals surface area contributed by atoms with Gasteiger partial charge in [0, 0.05) is 6.61 Å². The van der Waals surface area contributed by atoms with Crippen LogP contribution in [0.5, 0.6) is 0 Å². The molecule has 21 heavy (non-hydrogen) atoms. The molecule has 0 aromatic heterocycles. The van der Waals surface area contributed by atoms with Gasteiger partial charge in [0.2, 0.25) is 0 Å². The number of rotatable bonds is 17. The number of hydrogen-bond donors (Lipinski definition) is 0. The third-order valence-corrected chi connectivity index (χ3v) is 4.44. The maximum absolute atomic E-state index is 6.01. The SMILES string of the molecule is CCCCCCCCCCCCOC(CC)CCCCC. The highest BCUT2D eigenvalue weighted by Crippen LogP contribution is 2.13. The summed E-state index contributed by atoms with van der Waals surface area (Å²) >= 11 is 0. The zero-order chi connectivity index (χ0) is 15.6. The first-order valence-electron chi connectivity index (χ1n) is 9.96. The zero-order valence-corrected chi connectivity index (χ0v) is 15.3. The highest BCUT2D eigenvalue weighted by Gasteiger charge is 2.05. The number of ether oxygens (including phenoxy) is 1. The fourth-order valence-corrected chi connectivity index (χ4v) is 2.87. The smallest absolute Gasteiger partial charge is 0.0572 e. The molecule has 0 bridgehead atoms. The van der Waals surface area contributed by atoms with Gasteiger partial charge < -0.3 is 4.74 Å². The van der Waals surface area contributed by atoms with Crippen LogP contribution in [0.25, 0.3) is 0 Å². The van der Waals surface area contributed by atoms with Gasteiger partial charge in [-0.15, -0.1) is 0 Å². The molecule has 0 aromatic carbocycles. The van der Waals surface area contributed by atoms with Crippen molar-refractivity contribution in [1.29, 1.82) is 0 Å². The van der Waals surface area contributed by atoms with Gasteiger partial charge >= 0.3 is 0 Å². The lowest BCUT2D eigenvalue weighted by Crippen LogP contribution is -2.12. The van der Waals surface area contributed by atoms with Gasteiger partial charge in [0.15, 0.2) is 0 Å². The first-order chi connectivity index (χ1) is 10.3. The lowest BCUT2D eigenvalue weighted by Gasteiger charge is -2.15. The third-order valence-electron chi connectivity index (χ3n) is 4.44. The van der Waals surface area contributed by atoms with Crippen LogP contribution in [0.1, 0.15) is 117 Å². The van der Waals surface area contributed by atoms with Crippen molar-refractivity contribution in [2.24, 2.45) is 0 Å². The van der Waals surface area contributed by atoms with Gasteiger partial charge in [0.25, 0.3) is 0 Å². The Bertz CT molecular complexity index is 179. The Hall–Kier alpha value is -0.0400. The summed E-state index contributed by atoms with van der Waals surface area (Å²) in [6.07, 6.45) is 21.0. The van der Waals surface area contributed by atoms with Crippen LogP contribution in [0.15, 0.2) is 0 Å². The fourth-order valence-electron chi connectivity index (χ4n) is 2.87. The minimum atomic E-state index is 0.523. The van der Waals surface area contributed by atoms with E-state index in [1.54, 1.807) is 0 Å². The molecule has 0 saturated carbocycles. The molecule has 0 aliphatic heterocycles. The monoisotopic (exact) mass is 298 g/mol. The summed E-state index contributed by atoms with van der Waals surface area (Å²) in [7, 11) is 0. The lowest BCUT2D eigenvalue weighted by molar-refractivity contribution is 0.0407. The second-order valence-electron chi connectivity index (χ2n) is 6.58. The molecule has 0 N–H and O–H groups in total. The normalized spacial score (nSPS) is 12.7. The molecule has 0 heterocycles. The van der Waals surface area contributed by atoms with Crippen molar-refractivity contribution in [3.05, 3.63) is 0 Å². The maximum Gasteiger partial charge on any atom is 0.0572 e. The van der Waals surface area contributed by atoms with E-state index in [0.29, 0.717) is 6.10 Å². The summed E-state index contributed by atoms with van der Waals surface area (Å²) in [6.45, 7) is 7.80. The van der Waals surface area contributed by atoms with Crippen LogP contribution in [0.4, 0.5) is 0 Å². The van der Waals surface area contributed by atoms with Crippen LogP contribution >= 0.6 is 0 Å². The van der Waals surface area contributed by atoms with Crippen LogP contribution in [-0.4, -0.2) is 12.7 Å². The van der Waals surface area contributed by atoms with Crippen LogP contribution < -0.4 is 0 Å². The molecule has 1 heteroatoms. The Morgan fingerprint density at radius 3 is 1.57 bits per heavy atom. The Labute approximate surface area is 135 Å². The standard InChI is InChI=1S/C20H42O/c1-4-7-9-10-11-12-13-14-15-17-19-21-20(6-3)18-16-8-5-2/h20H,4-19H2,1-3H3. The Morgan fingerprint density at radius 1 is 0.571 bits per heavy atom. The summed E-state index contributed by atoms with van der Waals surface area (Å²) in [5, 5.41) is 0. The highest BCUT2D eigenvalue weighted by molar-refractivity contribution is 4.56. The number of unbranched alkanes of at least 4 members (excludes halogenated alkanes) is 11.